The Morgan fingerprint density at radius 3 is 2.22 bits per heavy atom. The Bertz CT molecular complexity index is 1120. The molecule has 0 spiro atoms. The van der Waals surface area contributed by atoms with Crippen molar-refractivity contribution in [3.8, 4) is 0 Å². The van der Waals surface area contributed by atoms with Gasteiger partial charge in [-0.25, -0.2) is 13.2 Å². The number of amides is 2. The van der Waals surface area contributed by atoms with E-state index < -0.39 is 22.0 Å². The van der Waals surface area contributed by atoms with Crippen molar-refractivity contribution in [1.29, 1.82) is 0 Å². The molecule has 0 aromatic heterocycles. The molecule has 8 nitrogen and oxygen atoms in total. The zero-order chi connectivity index (χ0) is 25.5. The molecule has 0 saturated carbocycles. The smallest absolute Gasteiger partial charge is 0.407 e. The van der Waals surface area contributed by atoms with E-state index in [1.54, 1.807) is 35.2 Å². The van der Waals surface area contributed by atoms with Crippen LogP contribution in [0.5, 0.6) is 0 Å². The second-order valence-corrected chi connectivity index (χ2v) is 11.4. The highest BCUT2D eigenvalue weighted by Gasteiger charge is 2.41. The molecular formula is C26H32ClN3O5S. The molecule has 2 atom stereocenters. The van der Waals surface area contributed by atoms with Crippen LogP contribution in [0, 0.1) is 5.92 Å². The number of sulfonamides is 1. The molecule has 0 radical (unpaired) electrons. The van der Waals surface area contributed by atoms with Crippen molar-refractivity contribution < 1.29 is 22.7 Å². The van der Waals surface area contributed by atoms with Gasteiger partial charge in [0.15, 0.2) is 0 Å². The molecule has 2 fully saturated rings. The number of alkyl halides is 1. The van der Waals surface area contributed by atoms with Gasteiger partial charge in [0.2, 0.25) is 15.9 Å². The molecule has 2 aliphatic heterocycles. The Hall–Kier alpha value is -2.62. The fourth-order valence-corrected chi connectivity index (χ4v) is 6.77. The van der Waals surface area contributed by atoms with Crippen molar-refractivity contribution in [3.05, 3.63) is 66.2 Å². The van der Waals surface area contributed by atoms with Gasteiger partial charge in [-0.2, -0.15) is 4.31 Å². The molecule has 36 heavy (non-hydrogen) atoms. The predicted molar refractivity (Wildman–Crippen MR) is 137 cm³/mol. The van der Waals surface area contributed by atoms with Gasteiger partial charge in [0.25, 0.3) is 0 Å². The van der Waals surface area contributed by atoms with Gasteiger partial charge in [-0.3, -0.25) is 4.79 Å². The number of alkyl carbamates (subject to hydrolysis) is 1. The highest BCUT2D eigenvalue weighted by atomic mass is 35.5. The van der Waals surface area contributed by atoms with E-state index in [1.165, 1.54) is 4.31 Å². The van der Waals surface area contributed by atoms with Crippen molar-refractivity contribution in [1.82, 2.24) is 14.5 Å². The van der Waals surface area contributed by atoms with E-state index in [1.807, 2.05) is 30.3 Å². The average molecular weight is 534 g/mol. The standard InChI is InChI=1S/C26H32ClN3O5S/c27-15-18-35-26(32)28-22-13-16-29(17-14-22)25(31)21-11-12-24(20-7-3-1-4-8-20)30(19-21)36(33,34)23-9-5-2-6-10-23/h1-10,21-22,24H,11-19H2,(H,28,32)/t21-,24-/m1/s1. The topological polar surface area (TPSA) is 96.0 Å². The minimum absolute atomic E-state index is 0.0297. The van der Waals surface area contributed by atoms with E-state index in [-0.39, 0.29) is 41.9 Å². The van der Waals surface area contributed by atoms with Crippen LogP contribution in [0.3, 0.4) is 0 Å². The second-order valence-electron chi connectivity index (χ2n) is 9.16. The van der Waals surface area contributed by atoms with Crippen LogP contribution in [0.2, 0.25) is 0 Å². The third kappa shape index (κ3) is 6.19. The van der Waals surface area contributed by atoms with Crippen LogP contribution in [0.1, 0.15) is 37.3 Å². The number of halogens is 1. The lowest BCUT2D eigenvalue weighted by Gasteiger charge is -2.41. The summed E-state index contributed by atoms with van der Waals surface area (Å²) in [5.74, 6) is -0.205. The number of hydrogen-bond donors (Lipinski definition) is 1. The molecule has 0 bridgehead atoms. The maximum atomic E-state index is 13.7. The number of carbonyl (C=O) groups is 2. The lowest BCUT2D eigenvalue weighted by atomic mass is 9.89. The Labute approximate surface area is 217 Å². The van der Waals surface area contributed by atoms with Gasteiger partial charge in [-0.1, -0.05) is 48.5 Å². The van der Waals surface area contributed by atoms with E-state index in [2.05, 4.69) is 5.32 Å². The third-order valence-electron chi connectivity index (χ3n) is 6.86. The Kier molecular flexibility index (Phi) is 8.87. The molecular weight excluding hydrogens is 502 g/mol. The summed E-state index contributed by atoms with van der Waals surface area (Å²) in [5.41, 5.74) is 0.927. The summed E-state index contributed by atoms with van der Waals surface area (Å²) in [4.78, 5) is 27.3. The number of nitrogens with zero attached hydrogens (tertiary/aromatic N) is 2. The summed E-state index contributed by atoms with van der Waals surface area (Å²) in [6.45, 7) is 1.30. The zero-order valence-electron chi connectivity index (χ0n) is 20.1. The first-order chi connectivity index (χ1) is 17.4. The van der Waals surface area contributed by atoms with Crippen LogP contribution in [0.25, 0.3) is 0 Å². The summed E-state index contributed by atoms with van der Waals surface area (Å²) in [7, 11) is -3.79. The molecule has 0 unspecified atom stereocenters. The number of ether oxygens (including phenoxy) is 1. The van der Waals surface area contributed by atoms with Gasteiger partial charge in [-0.05, 0) is 43.4 Å². The number of carbonyl (C=O) groups excluding carboxylic acids is 2. The molecule has 2 heterocycles. The maximum Gasteiger partial charge on any atom is 0.407 e. The number of hydrogen-bond acceptors (Lipinski definition) is 5. The maximum absolute atomic E-state index is 13.7. The second kappa shape index (κ2) is 12.1. The van der Waals surface area contributed by atoms with Crippen LogP contribution >= 0.6 is 11.6 Å². The van der Waals surface area contributed by atoms with Gasteiger partial charge < -0.3 is 15.0 Å². The summed E-state index contributed by atoms with van der Waals surface area (Å²) in [6, 6.07) is 17.6. The molecule has 194 valence electrons. The molecule has 2 aromatic carbocycles. The van der Waals surface area contributed by atoms with Crippen molar-refractivity contribution in [2.24, 2.45) is 5.92 Å². The van der Waals surface area contributed by atoms with Crippen LogP contribution in [-0.2, 0) is 19.6 Å². The molecule has 0 aliphatic carbocycles. The number of likely N-dealkylation sites (tertiary alicyclic amines) is 1. The number of piperidine rings is 2. The molecule has 2 aliphatic rings. The first kappa shape index (κ1) is 26.4. The van der Waals surface area contributed by atoms with E-state index in [9.17, 15) is 18.0 Å². The molecule has 4 rings (SSSR count). The first-order valence-electron chi connectivity index (χ1n) is 12.3. The van der Waals surface area contributed by atoms with Crippen molar-refractivity contribution in [2.75, 3.05) is 32.1 Å². The Balaban J connectivity index is 1.45. The zero-order valence-corrected chi connectivity index (χ0v) is 21.7. The lowest BCUT2D eigenvalue weighted by Crippen LogP contribution is -2.51. The normalized spacial score (nSPS) is 21.6. The first-order valence-corrected chi connectivity index (χ1v) is 14.3. The lowest BCUT2D eigenvalue weighted by molar-refractivity contribution is -0.138. The van der Waals surface area contributed by atoms with Crippen molar-refractivity contribution in [2.45, 2.75) is 42.7 Å². The van der Waals surface area contributed by atoms with Crippen LogP contribution in [-0.4, -0.2) is 67.8 Å². The van der Waals surface area contributed by atoms with Gasteiger partial charge in [0.05, 0.1) is 22.7 Å². The molecule has 2 saturated heterocycles. The third-order valence-corrected chi connectivity index (χ3v) is 8.90. The van der Waals surface area contributed by atoms with E-state index in [4.69, 9.17) is 16.3 Å². The number of nitrogens with one attached hydrogen (secondary N) is 1. The minimum atomic E-state index is -3.79. The average Bonchev–Trinajstić information content (AvgIpc) is 2.92. The highest BCUT2D eigenvalue weighted by Crippen LogP contribution is 2.38. The number of benzene rings is 2. The molecule has 2 aromatic rings. The van der Waals surface area contributed by atoms with Crippen LogP contribution < -0.4 is 5.32 Å². The van der Waals surface area contributed by atoms with E-state index in [0.717, 1.165) is 5.56 Å². The SMILES string of the molecule is O=C(NC1CCN(C(=O)[C@@H]2CC[C@H](c3ccccc3)N(S(=O)(=O)c3ccccc3)C2)CC1)OCCCl. The minimum Gasteiger partial charge on any atom is -0.448 e. The fourth-order valence-electron chi connectivity index (χ4n) is 4.98. The molecule has 2 amide bonds. The van der Waals surface area contributed by atoms with Gasteiger partial charge in [-0.15, -0.1) is 11.6 Å². The van der Waals surface area contributed by atoms with Crippen LogP contribution in [0.15, 0.2) is 65.6 Å². The summed E-state index contributed by atoms with van der Waals surface area (Å²) in [5, 5.41) is 2.82. The fraction of sp³-hybridized carbons (Fsp3) is 0.462. The summed E-state index contributed by atoms with van der Waals surface area (Å²) < 4.78 is 33.8. The van der Waals surface area contributed by atoms with Gasteiger partial charge in [0.1, 0.15) is 6.61 Å². The van der Waals surface area contributed by atoms with Crippen LogP contribution in [0.4, 0.5) is 4.79 Å². The number of rotatable bonds is 7. The van der Waals surface area contributed by atoms with E-state index >= 15 is 0 Å². The summed E-state index contributed by atoms with van der Waals surface area (Å²) >= 11 is 5.54. The summed E-state index contributed by atoms with van der Waals surface area (Å²) in [6.07, 6.45) is 1.92. The van der Waals surface area contributed by atoms with Crippen molar-refractivity contribution >= 4 is 33.6 Å². The molecule has 10 heteroatoms. The largest absolute Gasteiger partial charge is 0.448 e. The quantitative estimate of drug-likeness (QED) is 0.546. The van der Waals surface area contributed by atoms with Gasteiger partial charge >= 0.3 is 6.09 Å². The Morgan fingerprint density at radius 2 is 1.58 bits per heavy atom. The van der Waals surface area contributed by atoms with E-state index in [0.29, 0.717) is 38.8 Å². The van der Waals surface area contributed by atoms with Gasteiger partial charge in [0, 0.05) is 25.7 Å². The predicted octanol–water partition coefficient (Wildman–Crippen LogP) is 3.78. The molecule has 1 N–H and O–H groups in total. The van der Waals surface area contributed by atoms with Crippen molar-refractivity contribution in [3.63, 3.8) is 0 Å². The Morgan fingerprint density at radius 1 is 0.944 bits per heavy atom. The highest BCUT2D eigenvalue weighted by molar-refractivity contribution is 7.89. The monoisotopic (exact) mass is 533 g/mol.